The maximum Gasteiger partial charge on any atom is 0.273 e. The summed E-state index contributed by atoms with van der Waals surface area (Å²) in [7, 11) is 0. The van der Waals surface area contributed by atoms with Gasteiger partial charge in [0.2, 0.25) is 0 Å². The number of hydrogen-bond donors (Lipinski definition) is 1. The van der Waals surface area contributed by atoms with Crippen LogP contribution in [0, 0.1) is 0 Å². The van der Waals surface area contributed by atoms with Gasteiger partial charge in [-0.25, -0.2) is 0 Å². The first-order valence-electron chi connectivity index (χ1n) is 6.71. The van der Waals surface area contributed by atoms with Gasteiger partial charge < -0.3 is 14.6 Å². The van der Waals surface area contributed by atoms with E-state index >= 15 is 0 Å². The van der Waals surface area contributed by atoms with Crippen molar-refractivity contribution < 1.29 is 14.1 Å². The van der Waals surface area contributed by atoms with Crippen LogP contribution in [0.4, 0.5) is 0 Å². The molecule has 1 N–H and O–H groups in total. The Kier molecular flexibility index (Phi) is 4.93. The van der Waals surface area contributed by atoms with Gasteiger partial charge in [-0.1, -0.05) is 19.0 Å². The molecule has 1 fully saturated rings. The topological polar surface area (TPSA) is 67.6 Å². The molecule has 1 aliphatic rings. The minimum atomic E-state index is -0.177. The number of nitrogens with one attached hydrogen (secondary N) is 1. The third-order valence-corrected chi connectivity index (χ3v) is 3.15. The van der Waals surface area contributed by atoms with E-state index in [0.717, 1.165) is 38.6 Å². The standard InChI is InChI=1S/C13H21N3O3/c1-10(2)12-9-11(15-19-12)13(17)14-3-4-16-5-7-18-8-6-16/h9-10H,3-8H2,1-2H3,(H,14,17). The molecule has 19 heavy (non-hydrogen) atoms. The summed E-state index contributed by atoms with van der Waals surface area (Å²) in [5, 5.41) is 6.64. The van der Waals surface area contributed by atoms with Crippen molar-refractivity contribution in [3.8, 4) is 0 Å². The van der Waals surface area contributed by atoms with Crippen LogP contribution in [0.25, 0.3) is 0 Å². The molecule has 0 atom stereocenters. The second kappa shape index (κ2) is 6.68. The van der Waals surface area contributed by atoms with Crippen LogP contribution >= 0.6 is 0 Å². The van der Waals surface area contributed by atoms with E-state index in [0.29, 0.717) is 12.2 Å². The summed E-state index contributed by atoms with van der Waals surface area (Å²) in [6.07, 6.45) is 0. The fourth-order valence-electron chi connectivity index (χ4n) is 1.91. The van der Waals surface area contributed by atoms with Crippen molar-refractivity contribution in [2.24, 2.45) is 0 Å². The molecule has 1 aromatic rings. The van der Waals surface area contributed by atoms with Crippen molar-refractivity contribution in [1.82, 2.24) is 15.4 Å². The summed E-state index contributed by atoms with van der Waals surface area (Å²) in [4.78, 5) is 14.1. The number of nitrogens with zero attached hydrogens (tertiary/aromatic N) is 2. The number of rotatable bonds is 5. The van der Waals surface area contributed by atoms with Gasteiger partial charge in [-0.2, -0.15) is 0 Å². The Bertz CT molecular complexity index is 411. The lowest BCUT2D eigenvalue weighted by atomic mass is 10.1. The van der Waals surface area contributed by atoms with Crippen LogP contribution in [0.2, 0.25) is 0 Å². The molecule has 0 saturated carbocycles. The van der Waals surface area contributed by atoms with Crippen LogP contribution in [-0.4, -0.2) is 55.4 Å². The zero-order valence-electron chi connectivity index (χ0n) is 11.5. The number of amides is 1. The molecule has 0 aromatic carbocycles. The molecule has 2 rings (SSSR count). The summed E-state index contributed by atoms with van der Waals surface area (Å²) in [5.41, 5.74) is 0.352. The van der Waals surface area contributed by atoms with E-state index in [2.05, 4.69) is 15.4 Å². The van der Waals surface area contributed by atoms with Crippen molar-refractivity contribution in [3.05, 3.63) is 17.5 Å². The smallest absolute Gasteiger partial charge is 0.273 e. The first kappa shape index (κ1) is 14.0. The molecule has 0 unspecified atom stereocenters. The fraction of sp³-hybridized carbons (Fsp3) is 0.692. The van der Waals surface area contributed by atoms with Gasteiger partial charge in [-0.05, 0) is 0 Å². The number of aromatic nitrogens is 1. The predicted molar refractivity (Wildman–Crippen MR) is 70.2 cm³/mol. The molecule has 2 heterocycles. The summed E-state index contributed by atoms with van der Waals surface area (Å²) in [6.45, 7) is 8.85. The van der Waals surface area contributed by atoms with E-state index in [1.165, 1.54) is 0 Å². The van der Waals surface area contributed by atoms with Gasteiger partial charge in [-0.15, -0.1) is 0 Å². The first-order valence-corrected chi connectivity index (χ1v) is 6.71. The van der Waals surface area contributed by atoms with E-state index < -0.39 is 0 Å². The second-order valence-corrected chi connectivity index (χ2v) is 4.98. The maximum atomic E-state index is 11.8. The van der Waals surface area contributed by atoms with Crippen molar-refractivity contribution in [2.75, 3.05) is 39.4 Å². The quantitative estimate of drug-likeness (QED) is 0.857. The van der Waals surface area contributed by atoms with Crippen molar-refractivity contribution in [2.45, 2.75) is 19.8 Å². The number of ether oxygens (including phenoxy) is 1. The van der Waals surface area contributed by atoms with E-state index in [-0.39, 0.29) is 11.8 Å². The average Bonchev–Trinajstić information content (AvgIpc) is 2.89. The van der Waals surface area contributed by atoms with Gasteiger partial charge in [0.05, 0.1) is 13.2 Å². The SMILES string of the molecule is CC(C)c1cc(C(=O)NCCN2CCOCC2)no1. The Balaban J connectivity index is 1.74. The molecule has 106 valence electrons. The number of carbonyl (C=O) groups excluding carboxylic acids is 1. The van der Waals surface area contributed by atoms with Gasteiger partial charge >= 0.3 is 0 Å². The molecule has 6 nitrogen and oxygen atoms in total. The van der Waals surface area contributed by atoms with Gasteiger partial charge in [0.1, 0.15) is 5.76 Å². The highest BCUT2D eigenvalue weighted by Crippen LogP contribution is 2.14. The largest absolute Gasteiger partial charge is 0.379 e. The van der Waals surface area contributed by atoms with Crippen LogP contribution in [0.3, 0.4) is 0 Å². The lowest BCUT2D eigenvalue weighted by Crippen LogP contribution is -2.41. The highest BCUT2D eigenvalue weighted by molar-refractivity contribution is 5.92. The zero-order chi connectivity index (χ0) is 13.7. The molecule has 1 amide bonds. The van der Waals surface area contributed by atoms with Crippen LogP contribution in [0.5, 0.6) is 0 Å². The van der Waals surface area contributed by atoms with Crippen molar-refractivity contribution >= 4 is 5.91 Å². The van der Waals surface area contributed by atoms with E-state index in [1.807, 2.05) is 13.8 Å². The Hall–Kier alpha value is -1.40. The third-order valence-electron chi connectivity index (χ3n) is 3.15. The number of morpholine rings is 1. The average molecular weight is 267 g/mol. The highest BCUT2D eigenvalue weighted by atomic mass is 16.5. The molecule has 0 aliphatic carbocycles. The fourth-order valence-corrected chi connectivity index (χ4v) is 1.91. The Morgan fingerprint density at radius 3 is 2.84 bits per heavy atom. The Morgan fingerprint density at radius 2 is 2.21 bits per heavy atom. The van der Waals surface area contributed by atoms with E-state index in [1.54, 1.807) is 6.07 Å². The van der Waals surface area contributed by atoms with Crippen molar-refractivity contribution in [3.63, 3.8) is 0 Å². The molecule has 1 aliphatic heterocycles. The lowest BCUT2D eigenvalue weighted by Gasteiger charge is -2.26. The van der Waals surface area contributed by atoms with Crippen LogP contribution in [-0.2, 0) is 4.74 Å². The van der Waals surface area contributed by atoms with E-state index in [4.69, 9.17) is 9.26 Å². The van der Waals surface area contributed by atoms with Gasteiger partial charge in [-0.3, -0.25) is 9.69 Å². The number of carbonyl (C=O) groups is 1. The molecule has 0 radical (unpaired) electrons. The maximum absolute atomic E-state index is 11.8. The molecular formula is C13H21N3O3. The summed E-state index contributed by atoms with van der Waals surface area (Å²) >= 11 is 0. The lowest BCUT2D eigenvalue weighted by molar-refractivity contribution is 0.0383. The summed E-state index contributed by atoms with van der Waals surface area (Å²) in [5.74, 6) is 0.796. The first-order chi connectivity index (χ1) is 9.16. The highest BCUT2D eigenvalue weighted by Gasteiger charge is 2.15. The van der Waals surface area contributed by atoms with Crippen LogP contribution in [0.1, 0.15) is 36.0 Å². The molecule has 1 saturated heterocycles. The molecular weight excluding hydrogens is 246 g/mol. The van der Waals surface area contributed by atoms with Gasteiger partial charge in [0.25, 0.3) is 5.91 Å². The van der Waals surface area contributed by atoms with Crippen LogP contribution < -0.4 is 5.32 Å². The Morgan fingerprint density at radius 1 is 1.47 bits per heavy atom. The van der Waals surface area contributed by atoms with Gasteiger partial charge in [0, 0.05) is 38.2 Å². The molecule has 0 spiro atoms. The predicted octanol–water partition coefficient (Wildman–Crippen LogP) is 0.860. The second-order valence-electron chi connectivity index (χ2n) is 4.98. The number of hydrogen-bond acceptors (Lipinski definition) is 5. The minimum Gasteiger partial charge on any atom is -0.379 e. The third kappa shape index (κ3) is 4.04. The van der Waals surface area contributed by atoms with E-state index in [9.17, 15) is 4.79 Å². The monoisotopic (exact) mass is 267 g/mol. The van der Waals surface area contributed by atoms with Gasteiger partial charge in [0.15, 0.2) is 5.69 Å². The Labute approximate surface area is 113 Å². The normalized spacial score (nSPS) is 16.8. The summed E-state index contributed by atoms with van der Waals surface area (Å²) in [6, 6.07) is 1.70. The minimum absolute atomic E-state index is 0.177. The molecule has 0 bridgehead atoms. The molecule has 1 aromatic heterocycles. The zero-order valence-corrected chi connectivity index (χ0v) is 11.5. The van der Waals surface area contributed by atoms with Crippen molar-refractivity contribution in [1.29, 1.82) is 0 Å². The summed E-state index contributed by atoms with van der Waals surface area (Å²) < 4.78 is 10.4. The molecule has 6 heteroatoms. The van der Waals surface area contributed by atoms with Crippen LogP contribution in [0.15, 0.2) is 10.6 Å².